The van der Waals surface area contributed by atoms with Crippen molar-refractivity contribution < 1.29 is 9.90 Å². The molecule has 1 fully saturated rings. The van der Waals surface area contributed by atoms with Gasteiger partial charge in [0, 0.05) is 11.8 Å². The third-order valence-electron chi connectivity index (χ3n) is 4.48. The van der Waals surface area contributed by atoms with Gasteiger partial charge in [-0.3, -0.25) is 4.68 Å². The number of carbonyl (C=O) groups excluding carboxylic acids is 1. The van der Waals surface area contributed by atoms with Crippen LogP contribution in [-0.4, -0.2) is 33.1 Å². The lowest BCUT2D eigenvalue weighted by molar-refractivity contribution is 0.0941. The number of aliphatic hydroxyl groups excluding tert-OH is 1. The lowest BCUT2D eigenvalue weighted by atomic mass is 9.93. The number of urea groups is 1. The molecule has 0 saturated heterocycles. The molecule has 0 aromatic carbocycles. The number of amides is 2. The minimum Gasteiger partial charge on any atom is -0.391 e. The first-order valence-corrected chi connectivity index (χ1v) is 8.50. The van der Waals surface area contributed by atoms with E-state index in [0.717, 1.165) is 36.9 Å². The smallest absolute Gasteiger partial charge is 0.315 e. The number of rotatable bonds is 3. The van der Waals surface area contributed by atoms with Crippen LogP contribution in [0.5, 0.6) is 0 Å². The van der Waals surface area contributed by atoms with Gasteiger partial charge in [-0.25, -0.2) is 4.79 Å². The van der Waals surface area contributed by atoms with Gasteiger partial charge in [-0.05, 0) is 47.5 Å². The Hall–Kier alpha value is -1.56. The van der Waals surface area contributed by atoms with E-state index in [9.17, 15) is 9.90 Å². The van der Waals surface area contributed by atoms with Crippen LogP contribution in [0.2, 0.25) is 0 Å². The molecule has 0 bridgehead atoms. The molecule has 1 aromatic heterocycles. The average Bonchev–Trinajstić information content (AvgIpc) is 2.83. The molecule has 130 valence electrons. The van der Waals surface area contributed by atoms with E-state index in [4.69, 9.17) is 0 Å². The summed E-state index contributed by atoms with van der Waals surface area (Å²) in [7, 11) is 0. The molecule has 23 heavy (non-hydrogen) atoms. The Balaban J connectivity index is 1.97. The predicted octanol–water partition coefficient (Wildman–Crippen LogP) is 2.61. The third-order valence-corrected chi connectivity index (χ3v) is 4.48. The molecule has 1 aromatic rings. The molecule has 6 heteroatoms. The summed E-state index contributed by atoms with van der Waals surface area (Å²) in [6.07, 6.45) is 5.24. The number of carbonyl (C=O) groups is 1. The number of nitrogens with zero attached hydrogens (tertiary/aromatic N) is 2. The van der Waals surface area contributed by atoms with Crippen LogP contribution < -0.4 is 10.6 Å². The zero-order valence-corrected chi connectivity index (χ0v) is 14.9. The van der Waals surface area contributed by atoms with Gasteiger partial charge in [0.2, 0.25) is 0 Å². The van der Waals surface area contributed by atoms with Gasteiger partial charge in [0.25, 0.3) is 0 Å². The molecule has 0 spiro atoms. The fourth-order valence-corrected chi connectivity index (χ4v) is 3.01. The van der Waals surface area contributed by atoms with Gasteiger partial charge in [0.15, 0.2) is 0 Å². The Morgan fingerprint density at radius 2 is 2.04 bits per heavy atom. The summed E-state index contributed by atoms with van der Waals surface area (Å²) in [5, 5.41) is 20.3. The van der Waals surface area contributed by atoms with Crippen molar-refractivity contribution in [1.29, 1.82) is 0 Å². The largest absolute Gasteiger partial charge is 0.391 e. The monoisotopic (exact) mass is 322 g/mol. The summed E-state index contributed by atoms with van der Waals surface area (Å²) in [6, 6.07) is -0.507. The van der Waals surface area contributed by atoms with Gasteiger partial charge in [-0.2, -0.15) is 5.10 Å². The normalized spacial score (nSPS) is 23.4. The van der Waals surface area contributed by atoms with Crippen LogP contribution in [0.1, 0.15) is 70.7 Å². The SMILES string of the molecule is Cc1nn(C(C)(C)C)cc1[C@H](C)NC(=O)N[C@@H]1CCCC[C@@H]1O. The van der Waals surface area contributed by atoms with E-state index in [1.165, 1.54) is 0 Å². The van der Waals surface area contributed by atoms with E-state index >= 15 is 0 Å². The van der Waals surface area contributed by atoms with Crippen LogP contribution in [0.4, 0.5) is 4.79 Å². The zero-order valence-electron chi connectivity index (χ0n) is 14.9. The predicted molar refractivity (Wildman–Crippen MR) is 90.3 cm³/mol. The fraction of sp³-hybridized carbons (Fsp3) is 0.765. The zero-order chi connectivity index (χ0) is 17.2. The van der Waals surface area contributed by atoms with Crippen LogP contribution in [0, 0.1) is 6.92 Å². The summed E-state index contributed by atoms with van der Waals surface area (Å²) in [5.41, 5.74) is 1.85. The highest BCUT2D eigenvalue weighted by molar-refractivity contribution is 5.74. The van der Waals surface area contributed by atoms with Gasteiger partial charge in [-0.1, -0.05) is 12.8 Å². The summed E-state index contributed by atoms with van der Waals surface area (Å²) < 4.78 is 1.93. The maximum Gasteiger partial charge on any atom is 0.315 e. The molecule has 0 unspecified atom stereocenters. The third kappa shape index (κ3) is 4.47. The van der Waals surface area contributed by atoms with E-state index < -0.39 is 6.10 Å². The Morgan fingerprint density at radius 1 is 1.39 bits per heavy atom. The molecule has 1 saturated carbocycles. The van der Waals surface area contributed by atoms with Gasteiger partial charge >= 0.3 is 6.03 Å². The first kappa shape index (κ1) is 17.8. The number of hydrogen-bond donors (Lipinski definition) is 3. The molecule has 2 amide bonds. The van der Waals surface area contributed by atoms with Crippen molar-refractivity contribution in [2.45, 2.75) is 84.0 Å². The minimum atomic E-state index is -0.435. The van der Waals surface area contributed by atoms with Crippen molar-refractivity contribution in [3.8, 4) is 0 Å². The second kappa shape index (κ2) is 6.91. The second-order valence-electron chi connectivity index (χ2n) is 7.58. The van der Waals surface area contributed by atoms with Gasteiger partial charge in [-0.15, -0.1) is 0 Å². The molecule has 1 aliphatic carbocycles. The summed E-state index contributed by atoms with van der Waals surface area (Å²) >= 11 is 0. The highest BCUT2D eigenvalue weighted by Gasteiger charge is 2.25. The summed E-state index contributed by atoms with van der Waals surface area (Å²) in [6.45, 7) is 10.2. The lowest BCUT2D eigenvalue weighted by Crippen LogP contribution is -2.49. The molecule has 3 atom stereocenters. The Kier molecular flexibility index (Phi) is 5.34. The topological polar surface area (TPSA) is 79.2 Å². The highest BCUT2D eigenvalue weighted by Crippen LogP contribution is 2.21. The van der Waals surface area contributed by atoms with Crippen molar-refractivity contribution in [3.63, 3.8) is 0 Å². The summed E-state index contributed by atoms with van der Waals surface area (Å²) in [5.74, 6) is 0. The molecule has 6 nitrogen and oxygen atoms in total. The van der Waals surface area contributed by atoms with Gasteiger partial charge < -0.3 is 15.7 Å². The molecular formula is C17H30N4O2. The maximum atomic E-state index is 12.2. The standard InChI is InChI=1S/C17H30N4O2/c1-11(13-10-21(17(3,4)5)20-12(13)2)18-16(23)19-14-8-6-7-9-15(14)22/h10-11,14-15,22H,6-9H2,1-5H3,(H2,18,19,23)/t11-,14+,15-/m0/s1. The van der Waals surface area contributed by atoms with Crippen molar-refractivity contribution in [3.05, 3.63) is 17.5 Å². The molecule has 2 rings (SSSR count). The average molecular weight is 322 g/mol. The van der Waals surface area contributed by atoms with E-state index in [0.29, 0.717) is 0 Å². The summed E-state index contributed by atoms with van der Waals surface area (Å²) in [4.78, 5) is 12.2. The fourth-order valence-electron chi connectivity index (χ4n) is 3.01. The van der Waals surface area contributed by atoms with E-state index in [1.54, 1.807) is 0 Å². The molecule has 0 aliphatic heterocycles. The second-order valence-corrected chi connectivity index (χ2v) is 7.58. The molecule has 3 N–H and O–H groups in total. The molecule has 1 aliphatic rings. The molecule has 0 radical (unpaired) electrons. The number of aromatic nitrogens is 2. The first-order chi connectivity index (χ1) is 10.7. The van der Waals surface area contributed by atoms with Crippen LogP contribution in [0.25, 0.3) is 0 Å². The number of nitrogens with one attached hydrogen (secondary N) is 2. The van der Waals surface area contributed by atoms with E-state index in [2.05, 4.69) is 36.5 Å². The Labute approximate surface area is 138 Å². The Bertz CT molecular complexity index is 547. The number of aryl methyl sites for hydroxylation is 1. The number of hydrogen-bond acceptors (Lipinski definition) is 3. The van der Waals surface area contributed by atoms with Crippen molar-refractivity contribution >= 4 is 6.03 Å². The lowest BCUT2D eigenvalue weighted by Gasteiger charge is -2.29. The van der Waals surface area contributed by atoms with Gasteiger partial charge in [0.1, 0.15) is 0 Å². The number of aliphatic hydroxyl groups is 1. The quantitative estimate of drug-likeness (QED) is 0.800. The molecule has 1 heterocycles. The Morgan fingerprint density at radius 3 is 2.61 bits per heavy atom. The highest BCUT2D eigenvalue weighted by atomic mass is 16.3. The van der Waals surface area contributed by atoms with Crippen LogP contribution in [0.15, 0.2) is 6.20 Å². The van der Waals surface area contributed by atoms with Crippen LogP contribution >= 0.6 is 0 Å². The maximum absolute atomic E-state index is 12.2. The van der Waals surface area contributed by atoms with Gasteiger partial charge in [0.05, 0.1) is 29.4 Å². The van der Waals surface area contributed by atoms with Crippen molar-refractivity contribution in [2.24, 2.45) is 0 Å². The van der Waals surface area contributed by atoms with Crippen LogP contribution in [0.3, 0.4) is 0 Å². The van der Waals surface area contributed by atoms with E-state index in [1.807, 2.05) is 24.7 Å². The van der Waals surface area contributed by atoms with Crippen molar-refractivity contribution in [2.75, 3.05) is 0 Å². The molecular weight excluding hydrogens is 292 g/mol. The first-order valence-electron chi connectivity index (χ1n) is 8.50. The minimum absolute atomic E-state index is 0.0861. The van der Waals surface area contributed by atoms with Crippen LogP contribution in [-0.2, 0) is 5.54 Å². The van der Waals surface area contributed by atoms with E-state index in [-0.39, 0.29) is 23.7 Å². The van der Waals surface area contributed by atoms with Crippen molar-refractivity contribution in [1.82, 2.24) is 20.4 Å².